The van der Waals surface area contributed by atoms with Gasteiger partial charge in [-0.3, -0.25) is 4.79 Å². The third kappa shape index (κ3) is 4.31. The quantitative estimate of drug-likeness (QED) is 0.878. The number of anilines is 1. The maximum absolute atomic E-state index is 13.1. The Balaban J connectivity index is 1.81. The van der Waals surface area contributed by atoms with Crippen molar-refractivity contribution in [3.63, 3.8) is 0 Å². The van der Waals surface area contributed by atoms with Crippen LogP contribution in [0.25, 0.3) is 0 Å². The topological polar surface area (TPSA) is 41.1 Å². The van der Waals surface area contributed by atoms with Gasteiger partial charge in [-0.15, -0.1) is 0 Å². The minimum absolute atomic E-state index is 0.0211. The molecular weight excluding hydrogens is 243 g/mol. The van der Waals surface area contributed by atoms with Gasteiger partial charge in [-0.05, 0) is 62.9 Å². The van der Waals surface area contributed by atoms with Gasteiger partial charge < -0.3 is 10.6 Å². The van der Waals surface area contributed by atoms with Crippen molar-refractivity contribution in [1.29, 1.82) is 0 Å². The number of piperidine rings is 1. The van der Waals surface area contributed by atoms with Crippen LogP contribution in [-0.2, 0) is 4.79 Å². The number of hydrogen-bond donors (Lipinski definition) is 2. The summed E-state index contributed by atoms with van der Waals surface area (Å²) in [4.78, 5) is 11.9. The zero-order valence-electron chi connectivity index (χ0n) is 11.3. The second kappa shape index (κ2) is 6.66. The van der Waals surface area contributed by atoms with Crippen molar-refractivity contribution in [1.82, 2.24) is 5.32 Å². The van der Waals surface area contributed by atoms with Crippen molar-refractivity contribution in [2.45, 2.75) is 32.6 Å². The van der Waals surface area contributed by atoms with E-state index < -0.39 is 0 Å². The molecule has 2 rings (SSSR count). The molecule has 1 amide bonds. The maximum Gasteiger partial charge on any atom is 0.224 e. The fourth-order valence-corrected chi connectivity index (χ4v) is 2.45. The molecule has 0 bridgehead atoms. The summed E-state index contributed by atoms with van der Waals surface area (Å²) in [5, 5.41) is 6.11. The molecule has 19 heavy (non-hydrogen) atoms. The molecule has 2 N–H and O–H groups in total. The number of halogens is 1. The predicted molar refractivity (Wildman–Crippen MR) is 74.6 cm³/mol. The van der Waals surface area contributed by atoms with Crippen LogP contribution < -0.4 is 10.6 Å². The van der Waals surface area contributed by atoms with E-state index in [1.807, 2.05) is 6.92 Å². The molecule has 1 aromatic rings. The fourth-order valence-electron chi connectivity index (χ4n) is 2.45. The Morgan fingerprint density at radius 3 is 2.89 bits per heavy atom. The van der Waals surface area contributed by atoms with E-state index in [4.69, 9.17) is 0 Å². The molecule has 1 saturated heterocycles. The molecule has 1 aromatic carbocycles. The van der Waals surface area contributed by atoms with E-state index in [0.29, 0.717) is 18.0 Å². The van der Waals surface area contributed by atoms with Crippen LogP contribution in [0.4, 0.5) is 10.1 Å². The third-order valence-corrected chi connectivity index (χ3v) is 3.71. The molecule has 1 heterocycles. The van der Waals surface area contributed by atoms with Crippen LogP contribution in [0.1, 0.15) is 31.2 Å². The molecule has 0 aromatic heterocycles. The van der Waals surface area contributed by atoms with Crippen LogP contribution in [-0.4, -0.2) is 19.0 Å². The number of hydrogen-bond acceptors (Lipinski definition) is 2. The van der Waals surface area contributed by atoms with E-state index in [1.54, 1.807) is 6.07 Å². The van der Waals surface area contributed by atoms with Gasteiger partial charge in [0.2, 0.25) is 5.91 Å². The second-order valence-corrected chi connectivity index (χ2v) is 5.24. The van der Waals surface area contributed by atoms with Crippen molar-refractivity contribution >= 4 is 11.6 Å². The van der Waals surface area contributed by atoms with Crippen LogP contribution in [0.2, 0.25) is 0 Å². The molecular formula is C15H21FN2O. The van der Waals surface area contributed by atoms with E-state index in [1.165, 1.54) is 12.1 Å². The summed E-state index contributed by atoms with van der Waals surface area (Å²) in [6, 6.07) is 4.45. The predicted octanol–water partition coefficient (Wildman–Crippen LogP) is 2.85. The third-order valence-electron chi connectivity index (χ3n) is 3.71. The van der Waals surface area contributed by atoms with Crippen molar-refractivity contribution < 1.29 is 9.18 Å². The first-order valence-electron chi connectivity index (χ1n) is 6.92. The second-order valence-electron chi connectivity index (χ2n) is 5.24. The molecule has 1 fully saturated rings. The molecule has 4 heteroatoms. The van der Waals surface area contributed by atoms with Gasteiger partial charge in [0.05, 0.1) is 0 Å². The van der Waals surface area contributed by atoms with Crippen molar-refractivity contribution in [2.24, 2.45) is 5.92 Å². The standard InChI is InChI=1S/C15H21FN2O/c1-11-2-4-13(16)10-14(11)18-15(19)5-3-12-6-8-17-9-7-12/h2,4,10,12,17H,3,5-9H2,1H3,(H,18,19). The first-order valence-corrected chi connectivity index (χ1v) is 6.92. The van der Waals surface area contributed by atoms with E-state index in [0.717, 1.165) is 37.9 Å². The molecule has 0 radical (unpaired) electrons. The summed E-state index contributed by atoms with van der Waals surface area (Å²) in [6.45, 7) is 3.96. The minimum atomic E-state index is -0.320. The molecule has 0 unspecified atom stereocenters. The summed E-state index contributed by atoms with van der Waals surface area (Å²) in [7, 11) is 0. The molecule has 104 valence electrons. The summed E-state index contributed by atoms with van der Waals surface area (Å²) in [5.41, 5.74) is 1.46. The lowest BCUT2D eigenvalue weighted by atomic mass is 9.93. The highest BCUT2D eigenvalue weighted by molar-refractivity contribution is 5.91. The smallest absolute Gasteiger partial charge is 0.224 e. The number of benzene rings is 1. The van der Waals surface area contributed by atoms with Crippen LogP contribution in [0.3, 0.4) is 0 Å². The van der Waals surface area contributed by atoms with E-state index in [2.05, 4.69) is 10.6 Å². The van der Waals surface area contributed by atoms with Gasteiger partial charge in [0.15, 0.2) is 0 Å². The Bertz CT molecular complexity index is 442. The minimum Gasteiger partial charge on any atom is -0.326 e. The van der Waals surface area contributed by atoms with E-state index >= 15 is 0 Å². The Labute approximate surface area is 113 Å². The average molecular weight is 264 g/mol. The zero-order chi connectivity index (χ0) is 13.7. The van der Waals surface area contributed by atoms with E-state index in [-0.39, 0.29) is 11.7 Å². The van der Waals surface area contributed by atoms with Crippen LogP contribution in [0.15, 0.2) is 18.2 Å². The lowest BCUT2D eigenvalue weighted by Crippen LogP contribution is -2.28. The number of carbonyl (C=O) groups excluding carboxylic acids is 1. The first-order chi connectivity index (χ1) is 9.15. The number of amides is 1. The van der Waals surface area contributed by atoms with Crippen LogP contribution in [0.5, 0.6) is 0 Å². The van der Waals surface area contributed by atoms with Crippen LogP contribution >= 0.6 is 0 Å². The zero-order valence-corrected chi connectivity index (χ0v) is 11.3. The van der Waals surface area contributed by atoms with Crippen molar-refractivity contribution in [3.05, 3.63) is 29.6 Å². The van der Waals surface area contributed by atoms with Gasteiger partial charge in [0.25, 0.3) is 0 Å². The van der Waals surface area contributed by atoms with Gasteiger partial charge in [-0.25, -0.2) is 4.39 Å². The molecule has 0 atom stereocenters. The van der Waals surface area contributed by atoms with Gasteiger partial charge in [0, 0.05) is 12.1 Å². The Morgan fingerprint density at radius 1 is 1.42 bits per heavy atom. The SMILES string of the molecule is Cc1ccc(F)cc1NC(=O)CCC1CCNCC1. The van der Waals surface area contributed by atoms with Gasteiger partial charge in [-0.2, -0.15) is 0 Å². The van der Waals surface area contributed by atoms with Crippen molar-refractivity contribution in [3.8, 4) is 0 Å². The molecule has 0 aliphatic carbocycles. The fraction of sp³-hybridized carbons (Fsp3) is 0.533. The number of nitrogens with one attached hydrogen (secondary N) is 2. The Hall–Kier alpha value is -1.42. The van der Waals surface area contributed by atoms with Gasteiger partial charge in [-0.1, -0.05) is 6.07 Å². The average Bonchev–Trinajstić information content (AvgIpc) is 2.42. The summed E-state index contributed by atoms with van der Waals surface area (Å²) in [5.74, 6) is 0.298. The maximum atomic E-state index is 13.1. The highest BCUT2D eigenvalue weighted by atomic mass is 19.1. The number of rotatable bonds is 4. The molecule has 1 aliphatic rings. The summed E-state index contributed by atoms with van der Waals surface area (Å²) in [6.07, 6.45) is 3.72. The van der Waals surface area contributed by atoms with Crippen molar-refractivity contribution in [2.75, 3.05) is 18.4 Å². The van der Waals surface area contributed by atoms with Gasteiger partial charge >= 0.3 is 0 Å². The molecule has 0 saturated carbocycles. The summed E-state index contributed by atoms with van der Waals surface area (Å²) < 4.78 is 13.1. The number of carbonyl (C=O) groups is 1. The molecule has 3 nitrogen and oxygen atoms in total. The first kappa shape index (κ1) is 14.0. The van der Waals surface area contributed by atoms with Gasteiger partial charge in [0.1, 0.15) is 5.82 Å². The lowest BCUT2D eigenvalue weighted by molar-refractivity contribution is -0.116. The summed E-state index contributed by atoms with van der Waals surface area (Å²) >= 11 is 0. The number of aryl methyl sites for hydroxylation is 1. The monoisotopic (exact) mass is 264 g/mol. The Morgan fingerprint density at radius 2 is 2.16 bits per heavy atom. The molecule has 0 spiro atoms. The normalized spacial score (nSPS) is 16.3. The van der Waals surface area contributed by atoms with Crippen LogP contribution in [0, 0.1) is 18.7 Å². The largest absolute Gasteiger partial charge is 0.326 e. The highest BCUT2D eigenvalue weighted by Crippen LogP contribution is 2.20. The van der Waals surface area contributed by atoms with E-state index in [9.17, 15) is 9.18 Å². The molecule has 1 aliphatic heterocycles. The Kier molecular flexibility index (Phi) is 4.91. The lowest BCUT2D eigenvalue weighted by Gasteiger charge is -2.22. The highest BCUT2D eigenvalue weighted by Gasteiger charge is 2.14.